The molecule has 0 aliphatic rings. The standard InChI is InChI=1S/C10H14O4S/c1-8-3-5-10(6-4-8)15(12,13)14-7-9(2)11/h3-6,9,11H,7H2,1-2H3/i2D3,7D2. The Morgan fingerprint density at radius 2 is 2.13 bits per heavy atom. The van der Waals surface area contributed by atoms with Gasteiger partial charge in [0.1, 0.15) is 0 Å². The quantitative estimate of drug-likeness (QED) is 0.793. The Kier molecular flexibility index (Phi) is 2.09. The summed E-state index contributed by atoms with van der Waals surface area (Å²) in [5, 5.41) is 9.34. The molecule has 0 aliphatic heterocycles. The first-order valence-corrected chi connectivity index (χ1v) is 5.47. The lowest BCUT2D eigenvalue weighted by Crippen LogP contribution is -2.15. The van der Waals surface area contributed by atoms with E-state index in [9.17, 15) is 13.5 Å². The maximum Gasteiger partial charge on any atom is 0.297 e. The Labute approximate surface area is 96.7 Å². The van der Waals surface area contributed by atoms with Crippen molar-refractivity contribution < 1.29 is 24.6 Å². The number of aliphatic hydroxyl groups excluding tert-OH is 1. The van der Waals surface area contributed by atoms with Gasteiger partial charge >= 0.3 is 0 Å². The molecule has 1 atom stereocenters. The predicted octanol–water partition coefficient (Wildman–Crippen LogP) is 1.08. The second-order valence-electron chi connectivity index (χ2n) is 2.87. The Bertz CT molecular complexity index is 564. The van der Waals surface area contributed by atoms with E-state index in [-0.39, 0.29) is 4.90 Å². The summed E-state index contributed by atoms with van der Waals surface area (Å²) in [5.41, 5.74) is 0.787. The van der Waals surface area contributed by atoms with Crippen LogP contribution in [0.25, 0.3) is 0 Å². The van der Waals surface area contributed by atoms with Crippen molar-refractivity contribution in [3.63, 3.8) is 0 Å². The van der Waals surface area contributed by atoms with Crippen LogP contribution in [0.1, 0.15) is 19.3 Å². The molecule has 0 saturated carbocycles. The van der Waals surface area contributed by atoms with E-state index >= 15 is 0 Å². The minimum atomic E-state index is -4.53. The molecule has 0 amide bonds. The maximum absolute atomic E-state index is 11.8. The molecule has 0 spiro atoms. The van der Waals surface area contributed by atoms with Crippen molar-refractivity contribution >= 4 is 10.1 Å². The lowest BCUT2D eigenvalue weighted by molar-refractivity contribution is 0.126. The fourth-order valence-corrected chi connectivity index (χ4v) is 1.65. The molecule has 0 fully saturated rings. The number of aliphatic hydroxyl groups is 1. The molecular weight excluding hydrogens is 216 g/mol. The van der Waals surface area contributed by atoms with Gasteiger partial charge in [0.15, 0.2) is 0 Å². The Balaban J connectivity index is 3.04. The van der Waals surface area contributed by atoms with Crippen LogP contribution in [-0.4, -0.2) is 26.2 Å². The highest BCUT2D eigenvalue weighted by molar-refractivity contribution is 7.86. The zero-order valence-electron chi connectivity index (χ0n) is 13.0. The molecule has 1 rings (SSSR count). The van der Waals surface area contributed by atoms with Gasteiger partial charge in [-0.05, 0) is 25.9 Å². The first-order chi connectivity index (χ1) is 8.86. The molecule has 5 heteroatoms. The molecule has 0 aromatic heterocycles. The van der Waals surface area contributed by atoms with Crippen molar-refractivity contribution in [3.05, 3.63) is 29.8 Å². The van der Waals surface area contributed by atoms with Crippen molar-refractivity contribution in [2.24, 2.45) is 0 Å². The average Bonchev–Trinajstić information content (AvgIpc) is 2.26. The topological polar surface area (TPSA) is 63.6 Å². The van der Waals surface area contributed by atoms with Crippen molar-refractivity contribution in [2.75, 3.05) is 6.56 Å². The predicted molar refractivity (Wildman–Crippen MR) is 56.0 cm³/mol. The molecule has 15 heavy (non-hydrogen) atoms. The average molecular weight is 235 g/mol. The second kappa shape index (κ2) is 4.74. The summed E-state index contributed by atoms with van der Waals surface area (Å²) in [4.78, 5) is -0.329. The van der Waals surface area contributed by atoms with E-state index in [0.29, 0.717) is 0 Å². The molecule has 0 radical (unpaired) electrons. The summed E-state index contributed by atoms with van der Waals surface area (Å²) >= 11 is 0. The van der Waals surface area contributed by atoms with Crippen LogP contribution in [0.3, 0.4) is 0 Å². The number of hydrogen-bond acceptors (Lipinski definition) is 4. The van der Waals surface area contributed by atoms with Gasteiger partial charge in [0.05, 0.1) is 20.3 Å². The van der Waals surface area contributed by atoms with Gasteiger partial charge in [-0.2, -0.15) is 8.42 Å². The highest BCUT2D eigenvalue weighted by Gasteiger charge is 2.15. The van der Waals surface area contributed by atoms with Crippen LogP contribution in [0.2, 0.25) is 0 Å². The van der Waals surface area contributed by atoms with Crippen molar-refractivity contribution in [1.82, 2.24) is 0 Å². The largest absolute Gasteiger partial charge is 0.391 e. The molecule has 0 aliphatic carbocycles. The normalized spacial score (nSPS) is 20.5. The Morgan fingerprint density at radius 1 is 1.53 bits per heavy atom. The van der Waals surface area contributed by atoms with Crippen molar-refractivity contribution in [3.8, 4) is 0 Å². The maximum atomic E-state index is 11.8. The van der Waals surface area contributed by atoms with E-state index in [4.69, 9.17) is 6.85 Å². The summed E-state index contributed by atoms with van der Waals surface area (Å²) in [6.45, 7) is -4.64. The summed E-state index contributed by atoms with van der Waals surface area (Å²) in [6, 6.07) is 5.35. The smallest absolute Gasteiger partial charge is 0.297 e. The number of hydrogen-bond donors (Lipinski definition) is 1. The molecule has 84 valence electrons. The SMILES string of the molecule is [2H]C([2H])([2H])C(O)C([2H])([2H])OS(=O)(=O)c1ccc(C)cc1. The highest BCUT2D eigenvalue weighted by Crippen LogP contribution is 2.13. The third kappa shape index (κ3) is 3.62. The van der Waals surface area contributed by atoms with E-state index in [0.717, 1.165) is 5.56 Å². The van der Waals surface area contributed by atoms with E-state index in [2.05, 4.69) is 4.18 Å². The Hall–Kier alpha value is -0.910. The fraction of sp³-hybridized carbons (Fsp3) is 0.400. The third-order valence-electron chi connectivity index (χ3n) is 1.58. The summed E-state index contributed by atoms with van der Waals surface area (Å²) in [5.74, 6) is 0. The monoisotopic (exact) mass is 235 g/mol. The first kappa shape index (κ1) is 6.62. The Morgan fingerprint density at radius 3 is 2.67 bits per heavy atom. The minimum Gasteiger partial charge on any atom is -0.391 e. The van der Waals surface area contributed by atoms with E-state index < -0.39 is 29.6 Å². The lowest BCUT2D eigenvalue weighted by Gasteiger charge is -2.07. The van der Waals surface area contributed by atoms with E-state index in [1.54, 1.807) is 6.92 Å². The molecule has 1 unspecified atom stereocenters. The van der Waals surface area contributed by atoms with Crippen LogP contribution >= 0.6 is 0 Å². The van der Waals surface area contributed by atoms with Crippen LogP contribution in [0.15, 0.2) is 29.2 Å². The van der Waals surface area contributed by atoms with E-state index in [1.165, 1.54) is 24.3 Å². The first-order valence-electron chi connectivity index (χ1n) is 6.57. The fourth-order valence-electron chi connectivity index (χ4n) is 0.862. The second-order valence-corrected chi connectivity index (χ2v) is 4.42. The summed E-state index contributed by atoms with van der Waals surface area (Å²) in [7, 11) is -4.53. The van der Waals surface area contributed by atoms with Crippen molar-refractivity contribution in [1.29, 1.82) is 0 Å². The molecule has 4 nitrogen and oxygen atoms in total. The van der Waals surface area contributed by atoms with Gasteiger partial charge in [0.2, 0.25) is 0 Å². The van der Waals surface area contributed by atoms with Crippen molar-refractivity contribution in [2.45, 2.75) is 24.8 Å². The zero-order valence-corrected chi connectivity index (χ0v) is 8.78. The van der Waals surface area contributed by atoms with E-state index in [1.807, 2.05) is 0 Å². The molecule has 0 bridgehead atoms. The number of aryl methyl sites for hydroxylation is 1. The molecular formula is C10H14O4S. The van der Waals surface area contributed by atoms with Gasteiger partial charge in [-0.25, -0.2) is 0 Å². The molecule has 1 N–H and O–H groups in total. The zero-order chi connectivity index (χ0) is 15.8. The van der Waals surface area contributed by atoms with Gasteiger partial charge in [-0.1, -0.05) is 17.7 Å². The summed E-state index contributed by atoms with van der Waals surface area (Å²) < 4.78 is 63.2. The van der Waals surface area contributed by atoms with Crippen LogP contribution < -0.4 is 0 Å². The van der Waals surface area contributed by atoms with Crippen LogP contribution in [0.5, 0.6) is 0 Å². The molecule has 0 heterocycles. The molecule has 1 aromatic rings. The molecule has 0 saturated heterocycles. The van der Waals surface area contributed by atoms with Gasteiger partial charge in [-0.3, -0.25) is 4.18 Å². The van der Waals surface area contributed by atoms with Crippen LogP contribution in [-0.2, 0) is 14.3 Å². The summed E-state index contributed by atoms with van der Waals surface area (Å²) in [6.07, 6.45) is -2.59. The lowest BCUT2D eigenvalue weighted by atomic mass is 10.2. The highest BCUT2D eigenvalue weighted by atomic mass is 32.2. The minimum absolute atomic E-state index is 0.329. The van der Waals surface area contributed by atoms with Gasteiger partial charge < -0.3 is 5.11 Å². The van der Waals surface area contributed by atoms with Crippen LogP contribution in [0, 0.1) is 6.92 Å². The van der Waals surface area contributed by atoms with Crippen LogP contribution in [0.4, 0.5) is 0 Å². The molecule has 1 aromatic carbocycles. The van der Waals surface area contributed by atoms with Gasteiger partial charge in [0.25, 0.3) is 10.1 Å². The van der Waals surface area contributed by atoms with Gasteiger partial charge in [-0.15, -0.1) is 0 Å². The third-order valence-corrected chi connectivity index (χ3v) is 2.74. The van der Waals surface area contributed by atoms with Gasteiger partial charge in [0, 0.05) is 4.11 Å². The number of rotatable bonds is 4. The number of benzene rings is 1.